The summed E-state index contributed by atoms with van der Waals surface area (Å²) in [4.78, 5) is 0. The van der Waals surface area contributed by atoms with Crippen molar-refractivity contribution in [3.05, 3.63) is 57.6 Å². The van der Waals surface area contributed by atoms with Gasteiger partial charge in [-0.2, -0.15) is 5.26 Å². The van der Waals surface area contributed by atoms with E-state index < -0.39 is 0 Å². The highest BCUT2D eigenvalue weighted by Gasteiger charge is 2.08. The van der Waals surface area contributed by atoms with Crippen LogP contribution in [0.2, 0.25) is 10.0 Å². The molecule has 0 heterocycles. The van der Waals surface area contributed by atoms with Crippen molar-refractivity contribution in [1.82, 2.24) is 0 Å². The third-order valence-corrected chi connectivity index (χ3v) is 3.54. The van der Waals surface area contributed by atoms with Gasteiger partial charge in [-0.1, -0.05) is 29.3 Å². The van der Waals surface area contributed by atoms with Gasteiger partial charge < -0.3 is 10.1 Å². The van der Waals surface area contributed by atoms with Crippen LogP contribution in [-0.4, -0.2) is 7.11 Å². The molecule has 0 aliphatic heterocycles. The monoisotopic (exact) mass is 306 g/mol. The van der Waals surface area contributed by atoms with Crippen molar-refractivity contribution in [3.8, 4) is 11.8 Å². The molecule has 3 nitrogen and oxygen atoms in total. The van der Waals surface area contributed by atoms with Gasteiger partial charge >= 0.3 is 0 Å². The molecule has 0 bridgehead atoms. The van der Waals surface area contributed by atoms with E-state index in [1.807, 2.05) is 30.3 Å². The molecule has 0 spiro atoms. The van der Waals surface area contributed by atoms with Gasteiger partial charge in [-0.3, -0.25) is 0 Å². The third-order valence-electron chi connectivity index (χ3n) is 2.85. The second-order valence-electron chi connectivity index (χ2n) is 4.08. The number of ether oxygens (including phenoxy) is 1. The Morgan fingerprint density at radius 2 is 2.00 bits per heavy atom. The Morgan fingerprint density at radius 3 is 2.70 bits per heavy atom. The second kappa shape index (κ2) is 6.51. The van der Waals surface area contributed by atoms with Gasteiger partial charge in [0, 0.05) is 22.8 Å². The number of nitrogens with zero attached hydrogens (tertiary/aromatic N) is 1. The summed E-state index contributed by atoms with van der Waals surface area (Å²) in [5.74, 6) is 0.722. The molecule has 1 N–H and O–H groups in total. The molecule has 0 saturated heterocycles. The van der Waals surface area contributed by atoms with Gasteiger partial charge in [0.05, 0.1) is 17.7 Å². The zero-order chi connectivity index (χ0) is 14.5. The van der Waals surface area contributed by atoms with E-state index in [0.29, 0.717) is 22.2 Å². The van der Waals surface area contributed by atoms with Crippen molar-refractivity contribution in [2.24, 2.45) is 0 Å². The smallest absolute Gasteiger partial charge is 0.125 e. The van der Waals surface area contributed by atoms with Crippen molar-refractivity contribution in [2.75, 3.05) is 12.4 Å². The highest BCUT2D eigenvalue weighted by atomic mass is 35.5. The first kappa shape index (κ1) is 14.5. The van der Waals surface area contributed by atoms with E-state index in [2.05, 4.69) is 5.32 Å². The molecule has 0 saturated carbocycles. The summed E-state index contributed by atoms with van der Waals surface area (Å²) in [6.45, 7) is 0.495. The summed E-state index contributed by atoms with van der Waals surface area (Å²) in [5.41, 5.74) is 2.10. The number of hydrogen-bond acceptors (Lipinski definition) is 3. The van der Waals surface area contributed by atoms with E-state index in [1.165, 1.54) is 0 Å². The van der Waals surface area contributed by atoms with E-state index in [-0.39, 0.29) is 0 Å². The lowest BCUT2D eigenvalue weighted by Crippen LogP contribution is -2.02. The molecule has 0 radical (unpaired) electrons. The molecule has 0 aromatic heterocycles. The number of rotatable bonds is 4. The van der Waals surface area contributed by atoms with E-state index in [9.17, 15) is 0 Å². The highest BCUT2D eigenvalue weighted by molar-refractivity contribution is 6.32. The normalized spacial score (nSPS) is 9.90. The molecule has 0 atom stereocenters. The minimum atomic E-state index is 0.433. The lowest BCUT2D eigenvalue weighted by molar-refractivity contribution is 0.410. The third kappa shape index (κ3) is 3.16. The zero-order valence-corrected chi connectivity index (χ0v) is 12.3. The fourth-order valence-corrected chi connectivity index (χ4v) is 2.21. The molecule has 2 aromatic carbocycles. The van der Waals surface area contributed by atoms with Gasteiger partial charge in [-0.25, -0.2) is 0 Å². The number of nitriles is 1. The summed E-state index contributed by atoms with van der Waals surface area (Å²) < 4.78 is 5.28. The van der Waals surface area contributed by atoms with Crippen LogP contribution in [0.25, 0.3) is 0 Å². The lowest BCUT2D eigenvalue weighted by Gasteiger charge is -2.12. The van der Waals surface area contributed by atoms with Crippen LogP contribution in [0.5, 0.6) is 5.75 Å². The predicted molar refractivity (Wildman–Crippen MR) is 81.5 cm³/mol. The maximum atomic E-state index is 8.95. The first-order chi connectivity index (χ1) is 9.65. The van der Waals surface area contributed by atoms with Crippen LogP contribution in [0.1, 0.15) is 11.1 Å². The van der Waals surface area contributed by atoms with E-state index in [4.69, 9.17) is 33.2 Å². The number of halogens is 2. The number of nitrogens with one attached hydrogen (secondary N) is 1. The molecule has 0 fully saturated rings. The van der Waals surface area contributed by atoms with Gasteiger partial charge in [-0.15, -0.1) is 0 Å². The number of hydrogen-bond donors (Lipinski definition) is 1. The van der Waals surface area contributed by atoms with Crippen LogP contribution in [-0.2, 0) is 6.54 Å². The second-order valence-corrected chi connectivity index (χ2v) is 4.90. The van der Waals surface area contributed by atoms with E-state index >= 15 is 0 Å². The van der Waals surface area contributed by atoms with Gasteiger partial charge in [-0.05, 0) is 30.3 Å². The van der Waals surface area contributed by atoms with Crippen LogP contribution >= 0.6 is 23.2 Å². The molecule has 102 valence electrons. The molecular formula is C15H12Cl2N2O. The van der Waals surface area contributed by atoms with Crippen molar-refractivity contribution in [2.45, 2.75) is 6.54 Å². The summed E-state index contributed by atoms with van der Waals surface area (Å²) in [5, 5.41) is 13.2. The maximum Gasteiger partial charge on any atom is 0.125 e. The Hall–Kier alpha value is -1.89. The molecule has 20 heavy (non-hydrogen) atoms. The van der Waals surface area contributed by atoms with Crippen LogP contribution in [0.15, 0.2) is 36.4 Å². The minimum absolute atomic E-state index is 0.433. The van der Waals surface area contributed by atoms with Gasteiger partial charge in [0.25, 0.3) is 0 Å². The van der Waals surface area contributed by atoms with Crippen LogP contribution in [0.4, 0.5) is 5.69 Å². The average Bonchev–Trinajstić information content (AvgIpc) is 2.47. The first-order valence-electron chi connectivity index (χ1n) is 5.90. The lowest BCUT2D eigenvalue weighted by atomic mass is 10.1. The number of methoxy groups -OCH3 is 1. The highest BCUT2D eigenvalue weighted by Crippen LogP contribution is 2.27. The van der Waals surface area contributed by atoms with Crippen LogP contribution in [0, 0.1) is 11.3 Å². The minimum Gasteiger partial charge on any atom is -0.496 e. The largest absolute Gasteiger partial charge is 0.496 e. The topological polar surface area (TPSA) is 45.0 Å². The Bertz CT molecular complexity index is 665. The summed E-state index contributed by atoms with van der Waals surface area (Å²) in [7, 11) is 1.60. The summed E-state index contributed by atoms with van der Waals surface area (Å²) >= 11 is 12.1. The molecule has 0 unspecified atom stereocenters. The molecule has 5 heteroatoms. The number of benzene rings is 2. The Balaban J connectivity index is 2.19. The Morgan fingerprint density at radius 1 is 1.20 bits per heavy atom. The van der Waals surface area contributed by atoms with Crippen LogP contribution < -0.4 is 10.1 Å². The van der Waals surface area contributed by atoms with E-state index in [1.54, 1.807) is 19.2 Å². The number of anilines is 1. The van der Waals surface area contributed by atoms with Gasteiger partial charge in [0.1, 0.15) is 11.8 Å². The molecular weight excluding hydrogens is 295 g/mol. The van der Waals surface area contributed by atoms with Crippen molar-refractivity contribution in [1.29, 1.82) is 5.26 Å². The maximum absolute atomic E-state index is 8.95. The molecule has 0 aliphatic carbocycles. The average molecular weight is 307 g/mol. The standard InChI is InChI=1S/C15H12Cl2N2O/c1-20-15-4-2-3-14(17)12(15)9-19-11-5-6-13(16)10(7-11)8-18/h2-7,19H,9H2,1H3. The fraction of sp³-hybridized carbons (Fsp3) is 0.133. The van der Waals surface area contributed by atoms with E-state index in [0.717, 1.165) is 17.0 Å². The predicted octanol–water partition coefficient (Wildman–Crippen LogP) is 4.49. The van der Waals surface area contributed by atoms with Crippen molar-refractivity contribution >= 4 is 28.9 Å². The Kier molecular flexibility index (Phi) is 4.73. The van der Waals surface area contributed by atoms with Gasteiger partial charge in [0.15, 0.2) is 0 Å². The quantitative estimate of drug-likeness (QED) is 0.905. The molecule has 2 aromatic rings. The summed E-state index contributed by atoms with van der Waals surface area (Å²) in [6.07, 6.45) is 0. The van der Waals surface area contributed by atoms with Crippen molar-refractivity contribution < 1.29 is 4.74 Å². The van der Waals surface area contributed by atoms with Crippen LogP contribution in [0.3, 0.4) is 0 Å². The van der Waals surface area contributed by atoms with Gasteiger partial charge in [0.2, 0.25) is 0 Å². The SMILES string of the molecule is COc1cccc(Cl)c1CNc1ccc(Cl)c(C#N)c1. The molecule has 0 aliphatic rings. The molecule has 0 amide bonds. The zero-order valence-electron chi connectivity index (χ0n) is 10.8. The summed E-state index contributed by atoms with van der Waals surface area (Å²) in [6, 6.07) is 12.7. The molecule has 2 rings (SSSR count). The first-order valence-corrected chi connectivity index (χ1v) is 6.66. The Labute approximate surface area is 127 Å². The fourth-order valence-electron chi connectivity index (χ4n) is 1.81. The van der Waals surface area contributed by atoms with Crippen molar-refractivity contribution in [3.63, 3.8) is 0 Å².